The van der Waals surface area contributed by atoms with Gasteiger partial charge in [0, 0.05) is 4.75 Å². The summed E-state index contributed by atoms with van der Waals surface area (Å²) < 4.78 is 20.7. The summed E-state index contributed by atoms with van der Waals surface area (Å²) in [6, 6.07) is 0. The Morgan fingerprint density at radius 2 is 2.05 bits per heavy atom. The number of nitrogens with two attached hydrogens (primary N) is 1. The fraction of sp³-hybridized carbons (Fsp3) is 0.731. The molecule has 0 spiro atoms. The average Bonchev–Trinajstić information content (AvgIpc) is 3.40. The molecule has 0 radical (unpaired) electrons. The van der Waals surface area contributed by atoms with Crippen LogP contribution in [0.15, 0.2) is 24.8 Å². The van der Waals surface area contributed by atoms with E-state index in [9.17, 15) is 10.2 Å². The number of anilines is 1. The standard InChI is InChI=1S/C26H44N5O5PS2Si/c1-15(2)16-9-10-26(6,18(32)11-16)39-37(38)34-12-17-21(36-40(7,8)25(3,4)5)20(33)24(35-17)31-14-30-19-22(27)28-13-29-23(19)31/h13-14,16-18,20-21,24,32-33,37H,1,9-12H2,2-8H3,(H2,27,28,29)/t16-,17-,18+,20-,21?,24-,26+/m1/s1. The fourth-order valence-electron chi connectivity index (χ4n) is 5.00. The van der Waals surface area contributed by atoms with Gasteiger partial charge >= 0.3 is 0 Å². The summed E-state index contributed by atoms with van der Waals surface area (Å²) in [7, 11) is -2.29. The van der Waals surface area contributed by atoms with Gasteiger partial charge in [-0.2, -0.15) is 0 Å². The maximum Gasteiger partial charge on any atom is 0.192 e. The lowest BCUT2D eigenvalue weighted by Crippen LogP contribution is -2.49. The number of imidazole rings is 1. The number of fused-ring (bicyclic) bond motifs is 1. The number of rotatable bonds is 9. The van der Waals surface area contributed by atoms with E-state index in [1.54, 1.807) is 22.3 Å². The monoisotopic (exact) mass is 629 g/mol. The normalized spacial score (nSPS) is 32.4. The van der Waals surface area contributed by atoms with Gasteiger partial charge in [-0.3, -0.25) is 4.57 Å². The van der Waals surface area contributed by atoms with Crippen LogP contribution in [0.2, 0.25) is 18.1 Å². The lowest BCUT2D eigenvalue weighted by atomic mass is 9.77. The van der Waals surface area contributed by atoms with Crippen LogP contribution in [0.3, 0.4) is 0 Å². The van der Waals surface area contributed by atoms with E-state index in [4.69, 9.17) is 31.2 Å². The predicted molar refractivity (Wildman–Crippen MR) is 168 cm³/mol. The topological polar surface area (TPSA) is 138 Å². The first-order chi connectivity index (χ1) is 18.5. The number of ether oxygens (including phenoxy) is 1. The maximum atomic E-state index is 11.6. The van der Waals surface area contributed by atoms with E-state index in [1.807, 2.05) is 6.92 Å². The van der Waals surface area contributed by atoms with Crippen molar-refractivity contribution in [2.75, 3.05) is 12.3 Å². The third-order valence-corrected chi connectivity index (χ3v) is 18.1. The minimum atomic E-state index is -2.29. The van der Waals surface area contributed by atoms with E-state index in [-0.39, 0.29) is 22.2 Å². The van der Waals surface area contributed by atoms with Gasteiger partial charge < -0.3 is 29.6 Å². The van der Waals surface area contributed by atoms with Crippen LogP contribution in [-0.4, -0.2) is 73.8 Å². The van der Waals surface area contributed by atoms with Gasteiger partial charge in [0.2, 0.25) is 0 Å². The number of aromatic nitrogens is 4. The van der Waals surface area contributed by atoms with Crippen molar-refractivity contribution in [2.24, 2.45) is 5.92 Å². The van der Waals surface area contributed by atoms with E-state index in [2.05, 4.69) is 62.3 Å². The number of hydrogen-bond donors (Lipinski definition) is 3. The molecule has 224 valence electrons. The summed E-state index contributed by atoms with van der Waals surface area (Å²) in [5.41, 5.74) is 8.02. The van der Waals surface area contributed by atoms with E-state index < -0.39 is 45.1 Å². The first-order valence-electron chi connectivity index (χ1n) is 13.7. The zero-order valence-corrected chi connectivity index (χ0v) is 28.1. The first-order valence-corrected chi connectivity index (χ1v) is 20.7. The molecule has 4 rings (SSSR count). The molecule has 1 aliphatic heterocycles. The quantitative estimate of drug-likeness (QED) is 0.200. The SMILES string of the molecule is C=C(C)[C@@H]1CC[C@](C)(S[PH](=S)OC[C@H]2O[C@@H](n3cnc4c(N)ncnc43)[C@H](O)C2O[Si](C)(C)C(C)(C)C)[C@@H](O)C1. The van der Waals surface area contributed by atoms with Crippen LogP contribution in [0.1, 0.15) is 60.1 Å². The molecule has 40 heavy (non-hydrogen) atoms. The van der Waals surface area contributed by atoms with Gasteiger partial charge in [-0.15, -0.1) is 0 Å². The second-order valence-electron chi connectivity index (χ2n) is 12.8. The van der Waals surface area contributed by atoms with E-state index in [0.29, 0.717) is 23.5 Å². The Kier molecular flexibility index (Phi) is 9.61. The number of aliphatic hydroxyl groups is 2. The molecule has 4 N–H and O–H groups in total. The van der Waals surface area contributed by atoms with E-state index in [0.717, 1.165) is 18.4 Å². The Bertz CT molecular complexity index is 1260. The summed E-state index contributed by atoms with van der Waals surface area (Å²) in [6.07, 6.45) is 0.196. The van der Waals surface area contributed by atoms with Crippen LogP contribution in [0.5, 0.6) is 0 Å². The molecule has 2 aliphatic rings. The van der Waals surface area contributed by atoms with Gasteiger partial charge in [0.1, 0.15) is 36.3 Å². The molecule has 3 heterocycles. The second kappa shape index (κ2) is 12.0. The minimum Gasteiger partial charge on any atom is -0.408 e. The summed E-state index contributed by atoms with van der Waals surface area (Å²) >= 11 is 7.37. The van der Waals surface area contributed by atoms with Crippen LogP contribution in [0.25, 0.3) is 11.2 Å². The van der Waals surface area contributed by atoms with Crippen LogP contribution in [-0.2, 0) is 25.5 Å². The molecule has 2 fully saturated rings. The number of nitrogens with zero attached hydrogens (tertiary/aromatic N) is 4. The molecular weight excluding hydrogens is 586 g/mol. The molecule has 10 nitrogen and oxygen atoms in total. The third kappa shape index (κ3) is 6.52. The highest BCUT2D eigenvalue weighted by Crippen LogP contribution is 2.55. The second-order valence-corrected chi connectivity index (χ2v) is 23.1. The summed E-state index contributed by atoms with van der Waals surface area (Å²) in [4.78, 5) is 12.7. The minimum absolute atomic E-state index is 0.0736. The number of nitrogen functional groups attached to an aromatic ring is 1. The zero-order chi connectivity index (χ0) is 29.6. The van der Waals surface area contributed by atoms with Crippen LogP contribution >= 0.6 is 17.5 Å². The van der Waals surface area contributed by atoms with E-state index >= 15 is 0 Å². The maximum absolute atomic E-state index is 11.6. The van der Waals surface area contributed by atoms with Crippen LogP contribution in [0.4, 0.5) is 5.82 Å². The molecule has 0 aromatic carbocycles. The predicted octanol–water partition coefficient (Wildman–Crippen LogP) is 4.81. The molecule has 14 heteroatoms. The van der Waals surface area contributed by atoms with Gasteiger partial charge in [0.05, 0.1) is 19.0 Å². The Hall–Kier alpha value is -0.893. The molecular formula is C26H44N5O5PS2Si. The Morgan fingerprint density at radius 1 is 1.35 bits per heavy atom. The highest BCUT2D eigenvalue weighted by Gasteiger charge is 2.51. The van der Waals surface area contributed by atoms with Gasteiger partial charge in [0.15, 0.2) is 26.0 Å². The smallest absolute Gasteiger partial charge is 0.192 e. The Morgan fingerprint density at radius 3 is 2.67 bits per heavy atom. The first kappa shape index (κ1) is 32.0. The number of hydrogen-bond acceptors (Lipinski definition) is 11. The van der Waals surface area contributed by atoms with Gasteiger partial charge in [-0.25, -0.2) is 15.0 Å². The molecule has 1 saturated heterocycles. The molecule has 0 bridgehead atoms. The molecule has 2 aromatic rings. The largest absolute Gasteiger partial charge is 0.408 e. The van der Waals surface area contributed by atoms with Crippen molar-refractivity contribution in [3.05, 3.63) is 24.8 Å². The number of allylic oxidation sites excluding steroid dienone is 1. The fourth-order valence-corrected chi connectivity index (χ4v) is 11.7. The summed E-state index contributed by atoms with van der Waals surface area (Å²) in [6.45, 7) is 19.1. The molecule has 1 saturated carbocycles. The van der Waals surface area contributed by atoms with Gasteiger partial charge in [-0.1, -0.05) is 56.1 Å². The molecule has 0 amide bonds. The highest BCUT2D eigenvalue weighted by atomic mass is 32.9. The molecule has 8 atom stereocenters. The Labute approximate surface area is 247 Å². The third-order valence-electron chi connectivity index (χ3n) is 8.79. The van der Waals surface area contributed by atoms with Crippen molar-refractivity contribution in [1.29, 1.82) is 0 Å². The van der Waals surface area contributed by atoms with E-state index in [1.165, 1.54) is 6.33 Å². The van der Waals surface area contributed by atoms with Gasteiger partial charge in [-0.05, 0) is 57.2 Å². The highest BCUT2D eigenvalue weighted by molar-refractivity contribution is 8.63. The van der Waals surface area contributed by atoms with Crippen LogP contribution in [0, 0.1) is 5.92 Å². The van der Waals surface area contributed by atoms with Gasteiger partial charge in [0.25, 0.3) is 0 Å². The lowest BCUT2D eigenvalue weighted by Gasteiger charge is -2.41. The number of aliphatic hydroxyl groups excluding tert-OH is 2. The Balaban J connectivity index is 1.51. The molecule has 2 unspecified atom stereocenters. The van der Waals surface area contributed by atoms with Crippen molar-refractivity contribution < 1.29 is 23.9 Å². The summed E-state index contributed by atoms with van der Waals surface area (Å²) in [5, 5.41) is 22.4. The summed E-state index contributed by atoms with van der Waals surface area (Å²) in [5.74, 6) is 0.595. The lowest BCUT2D eigenvalue weighted by molar-refractivity contribution is -0.0455. The molecule has 2 aromatic heterocycles. The van der Waals surface area contributed by atoms with Crippen molar-refractivity contribution >= 4 is 54.6 Å². The molecule has 1 aliphatic carbocycles. The van der Waals surface area contributed by atoms with Crippen molar-refractivity contribution in [2.45, 2.75) is 107 Å². The van der Waals surface area contributed by atoms with Crippen molar-refractivity contribution in [3.63, 3.8) is 0 Å². The zero-order valence-electron chi connectivity index (χ0n) is 24.5. The van der Waals surface area contributed by atoms with Crippen molar-refractivity contribution in [3.8, 4) is 0 Å². The van der Waals surface area contributed by atoms with Crippen molar-refractivity contribution in [1.82, 2.24) is 19.5 Å². The average molecular weight is 630 g/mol. The van der Waals surface area contributed by atoms with Crippen LogP contribution < -0.4 is 5.73 Å².